The SMILES string of the molecule is CCOC(=O)c1ccc(C#N)c(OC(F)(F)F)c1CCl. The highest BCUT2D eigenvalue weighted by Gasteiger charge is 2.34. The molecule has 8 heteroatoms. The Bertz CT molecular complexity index is 552. The molecule has 0 heterocycles. The molecule has 0 aliphatic rings. The van der Waals surface area contributed by atoms with E-state index in [1.54, 1.807) is 13.0 Å². The largest absolute Gasteiger partial charge is 0.573 e. The molecule has 0 atom stereocenters. The maximum absolute atomic E-state index is 12.4. The van der Waals surface area contributed by atoms with Crippen LogP contribution in [0.15, 0.2) is 12.1 Å². The molecular weight excluding hydrogens is 299 g/mol. The molecule has 1 aromatic carbocycles. The molecule has 0 amide bonds. The van der Waals surface area contributed by atoms with Gasteiger partial charge in [-0.15, -0.1) is 24.8 Å². The van der Waals surface area contributed by atoms with E-state index in [4.69, 9.17) is 21.6 Å². The summed E-state index contributed by atoms with van der Waals surface area (Å²) >= 11 is 5.57. The number of carbonyl (C=O) groups is 1. The van der Waals surface area contributed by atoms with Gasteiger partial charge in [0.1, 0.15) is 6.07 Å². The van der Waals surface area contributed by atoms with Crippen molar-refractivity contribution in [1.29, 1.82) is 5.26 Å². The molecule has 0 aliphatic heterocycles. The molecule has 0 spiro atoms. The predicted octanol–water partition coefficient (Wildman–Crippen LogP) is 3.37. The molecule has 0 fully saturated rings. The van der Waals surface area contributed by atoms with Gasteiger partial charge in [0.2, 0.25) is 0 Å². The molecule has 0 radical (unpaired) electrons. The zero-order chi connectivity index (χ0) is 15.3. The number of nitriles is 1. The highest BCUT2D eigenvalue weighted by Crippen LogP contribution is 2.33. The van der Waals surface area contributed by atoms with Crippen molar-refractivity contribution in [2.45, 2.75) is 19.2 Å². The predicted molar refractivity (Wildman–Crippen MR) is 63.4 cm³/mol. The van der Waals surface area contributed by atoms with Crippen molar-refractivity contribution in [3.05, 3.63) is 28.8 Å². The molecule has 4 nitrogen and oxygen atoms in total. The summed E-state index contributed by atoms with van der Waals surface area (Å²) < 4.78 is 45.6. The van der Waals surface area contributed by atoms with Crippen molar-refractivity contribution < 1.29 is 27.4 Å². The summed E-state index contributed by atoms with van der Waals surface area (Å²) in [6.45, 7) is 1.60. The third-order valence-corrected chi connectivity index (χ3v) is 2.49. The van der Waals surface area contributed by atoms with Crippen LogP contribution in [0.2, 0.25) is 0 Å². The molecule has 20 heavy (non-hydrogen) atoms. The quantitative estimate of drug-likeness (QED) is 0.632. The topological polar surface area (TPSA) is 59.3 Å². The fourth-order valence-electron chi connectivity index (χ4n) is 1.48. The number of hydrogen-bond acceptors (Lipinski definition) is 4. The van der Waals surface area contributed by atoms with Gasteiger partial charge in [-0.05, 0) is 19.1 Å². The van der Waals surface area contributed by atoms with Gasteiger partial charge < -0.3 is 9.47 Å². The van der Waals surface area contributed by atoms with Gasteiger partial charge in [-0.25, -0.2) is 4.79 Å². The van der Waals surface area contributed by atoms with Crippen LogP contribution in [0.3, 0.4) is 0 Å². The van der Waals surface area contributed by atoms with Gasteiger partial charge in [0, 0.05) is 5.56 Å². The van der Waals surface area contributed by atoms with Crippen LogP contribution < -0.4 is 4.74 Å². The van der Waals surface area contributed by atoms with E-state index in [0.717, 1.165) is 6.07 Å². The minimum Gasteiger partial charge on any atom is -0.462 e. The Hall–Kier alpha value is -1.94. The number of ether oxygens (including phenoxy) is 2. The number of hydrogen-bond donors (Lipinski definition) is 0. The number of halogens is 4. The first-order chi connectivity index (χ1) is 9.34. The fourth-order valence-corrected chi connectivity index (χ4v) is 1.75. The van der Waals surface area contributed by atoms with Crippen LogP contribution in [-0.4, -0.2) is 18.9 Å². The van der Waals surface area contributed by atoms with Crippen molar-refractivity contribution in [2.75, 3.05) is 6.61 Å². The molecule has 1 aromatic rings. The third-order valence-electron chi connectivity index (χ3n) is 2.23. The Labute approximate surface area is 117 Å². The second-order valence-electron chi connectivity index (χ2n) is 3.48. The van der Waals surface area contributed by atoms with Gasteiger partial charge in [-0.2, -0.15) is 5.26 Å². The van der Waals surface area contributed by atoms with E-state index >= 15 is 0 Å². The zero-order valence-corrected chi connectivity index (χ0v) is 11.0. The second kappa shape index (κ2) is 6.48. The Balaban J connectivity index is 3.41. The van der Waals surface area contributed by atoms with E-state index in [1.807, 2.05) is 0 Å². The number of benzene rings is 1. The summed E-state index contributed by atoms with van der Waals surface area (Å²) in [7, 11) is 0. The molecule has 0 unspecified atom stereocenters. The highest BCUT2D eigenvalue weighted by atomic mass is 35.5. The lowest BCUT2D eigenvalue weighted by Gasteiger charge is -2.16. The second-order valence-corrected chi connectivity index (χ2v) is 3.75. The van der Waals surface area contributed by atoms with Crippen molar-refractivity contribution in [3.8, 4) is 11.8 Å². The van der Waals surface area contributed by atoms with Crippen LogP contribution in [0.4, 0.5) is 13.2 Å². The number of nitrogens with zero attached hydrogens (tertiary/aromatic N) is 1. The Kier molecular flexibility index (Phi) is 5.22. The van der Waals surface area contributed by atoms with Crippen LogP contribution in [0.1, 0.15) is 28.4 Å². The minimum absolute atomic E-state index is 0.0516. The number of alkyl halides is 4. The molecule has 0 aliphatic carbocycles. The van der Waals surface area contributed by atoms with Crippen LogP contribution in [-0.2, 0) is 10.6 Å². The third kappa shape index (κ3) is 3.78. The highest BCUT2D eigenvalue weighted by molar-refractivity contribution is 6.18. The maximum atomic E-state index is 12.4. The van der Waals surface area contributed by atoms with Gasteiger partial charge in [0.05, 0.1) is 23.6 Å². The van der Waals surface area contributed by atoms with Gasteiger partial charge in [0.15, 0.2) is 5.75 Å². The molecule has 0 saturated heterocycles. The lowest BCUT2D eigenvalue weighted by Crippen LogP contribution is -2.20. The monoisotopic (exact) mass is 307 g/mol. The van der Waals surface area contributed by atoms with Crippen LogP contribution in [0, 0.1) is 11.3 Å². The standard InChI is InChI=1S/C12H9ClF3NO3/c1-2-19-11(18)8-4-3-7(6-17)10(9(8)5-13)20-12(14,15)16/h3-4H,2,5H2,1H3. The van der Waals surface area contributed by atoms with E-state index in [2.05, 4.69) is 4.74 Å². The number of rotatable bonds is 4. The molecule has 0 bridgehead atoms. The fraction of sp³-hybridized carbons (Fsp3) is 0.333. The van der Waals surface area contributed by atoms with Crippen LogP contribution in [0.25, 0.3) is 0 Å². The molecule has 0 saturated carbocycles. The van der Waals surface area contributed by atoms with Crippen molar-refractivity contribution in [2.24, 2.45) is 0 Å². The van der Waals surface area contributed by atoms with Gasteiger partial charge in [-0.3, -0.25) is 0 Å². The van der Waals surface area contributed by atoms with Crippen molar-refractivity contribution in [1.82, 2.24) is 0 Å². The number of carbonyl (C=O) groups excluding carboxylic acids is 1. The first-order valence-electron chi connectivity index (χ1n) is 5.38. The van der Waals surface area contributed by atoms with Crippen LogP contribution >= 0.6 is 11.6 Å². The summed E-state index contributed by atoms with van der Waals surface area (Å²) in [6.07, 6.45) is -5.00. The zero-order valence-electron chi connectivity index (χ0n) is 10.3. The first-order valence-corrected chi connectivity index (χ1v) is 5.92. The normalized spacial score (nSPS) is 10.8. The Morgan fingerprint density at radius 3 is 2.55 bits per heavy atom. The lowest BCUT2D eigenvalue weighted by molar-refractivity contribution is -0.275. The lowest BCUT2D eigenvalue weighted by atomic mass is 10.0. The minimum atomic E-state index is -5.00. The summed E-state index contributed by atoms with van der Waals surface area (Å²) in [5, 5.41) is 8.81. The maximum Gasteiger partial charge on any atom is 0.573 e. The summed E-state index contributed by atoms with van der Waals surface area (Å²) in [5.41, 5.74) is -0.771. The van der Waals surface area contributed by atoms with E-state index in [1.165, 1.54) is 6.07 Å². The van der Waals surface area contributed by atoms with Crippen molar-refractivity contribution in [3.63, 3.8) is 0 Å². The number of esters is 1. The summed E-state index contributed by atoms with van der Waals surface area (Å²) in [5.74, 6) is -2.05. The van der Waals surface area contributed by atoms with E-state index < -0.39 is 24.0 Å². The Morgan fingerprint density at radius 1 is 1.45 bits per heavy atom. The van der Waals surface area contributed by atoms with Gasteiger partial charge in [0.25, 0.3) is 0 Å². The average Bonchev–Trinajstić information content (AvgIpc) is 2.36. The first kappa shape index (κ1) is 16.1. The van der Waals surface area contributed by atoms with E-state index in [-0.39, 0.29) is 23.3 Å². The molecule has 0 N–H and O–H groups in total. The van der Waals surface area contributed by atoms with Gasteiger partial charge >= 0.3 is 12.3 Å². The molecular formula is C12H9ClF3NO3. The average molecular weight is 308 g/mol. The van der Waals surface area contributed by atoms with E-state index in [9.17, 15) is 18.0 Å². The molecule has 1 rings (SSSR count). The van der Waals surface area contributed by atoms with E-state index in [0.29, 0.717) is 0 Å². The van der Waals surface area contributed by atoms with Gasteiger partial charge in [-0.1, -0.05) is 0 Å². The summed E-state index contributed by atoms with van der Waals surface area (Å²) in [4.78, 5) is 11.6. The molecule has 0 aromatic heterocycles. The van der Waals surface area contributed by atoms with Crippen LogP contribution in [0.5, 0.6) is 5.75 Å². The Morgan fingerprint density at radius 2 is 2.10 bits per heavy atom. The smallest absolute Gasteiger partial charge is 0.462 e. The molecule has 108 valence electrons. The van der Waals surface area contributed by atoms with Crippen molar-refractivity contribution >= 4 is 17.6 Å². The summed E-state index contributed by atoms with van der Waals surface area (Å²) in [6, 6.07) is 3.78.